The van der Waals surface area contributed by atoms with Gasteiger partial charge in [-0.2, -0.15) is 0 Å². The molecule has 0 radical (unpaired) electrons. The van der Waals surface area contributed by atoms with Crippen molar-refractivity contribution in [3.05, 3.63) is 0 Å². The Kier molecular flexibility index (Phi) is 7.28. The average molecular weight is 258 g/mol. The number of aliphatic hydroxyl groups is 1. The van der Waals surface area contributed by atoms with E-state index in [0.717, 1.165) is 45.3 Å². The van der Waals surface area contributed by atoms with Gasteiger partial charge in [-0.25, -0.2) is 0 Å². The van der Waals surface area contributed by atoms with Gasteiger partial charge < -0.3 is 14.6 Å². The molecule has 1 aliphatic rings. The lowest BCUT2D eigenvalue weighted by Gasteiger charge is -2.31. The first kappa shape index (κ1) is 15.4. The number of aliphatic hydroxyl groups excluding tert-OH is 1. The molecule has 0 aromatic heterocycles. The van der Waals surface area contributed by atoms with Crippen LogP contribution in [0, 0.1) is 11.8 Å². The summed E-state index contributed by atoms with van der Waals surface area (Å²) in [7, 11) is 1.38. The largest absolute Gasteiger partial charge is 0.469 e. The molecule has 0 aromatic rings. The van der Waals surface area contributed by atoms with E-state index in [4.69, 9.17) is 9.47 Å². The zero-order valence-corrected chi connectivity index (χ0v) is 11.6. The topological polar surface area (TPSA) is 55.8 Å². The molecule has 0 bridgehead atoms. The number of methoxy groups -OCH3 is 1. The highest BCUT2D eigenvalue weighted by Gasteiger charge is 2.34. The van der Waals surface area contributed by atoms with Crippen molar-refractivity contribution in [3.63, 3.8) is 0 Å². The molecule has 0 amide bonds. The van der Waals surface area contributed by atoms with Crippen molar-refractivity contribution in [2.45, 2.75) is 51.6 Å². The van der Waals surface area contributed by atoms with Crippen LogP contribution in [0.25, 0.3) is 0 Å². The van der Waals surface area contributed by atoms with E-state index in [9.17, 15) is 9.90 Å². The van der Waals surface area contributed by atoms with E-state index >= 15 is 0 Å². The molecule has 0 aliphatic heterocycles. The Hall–Kier alpha value is -0.610. The molecule has 1 aliphatic carbocycles. The number of carbonyl (C=O) groups is 1. The Bertz CT molecular complexity index is 242. The lowest BCUT2D eigenvalue weighted by atomic mass is 9.78. The second kappa shape index (κ2) is 8.48. The van der Waals surface area contributed by atoms with Crippen LogP contribution in [0.4, 0.5) is 0 Å². The fourth-order valence-electron chi connectivity index (χ4n) is 2.51. The van der Waals surface area contributed by atoms with Gasteiger partial charge in [-0.05, 0) is 38.0 Å². The third kappa shape index (κ3) is 4.94. The van der Waals surface area contributed by atoms with Crippen LogP contribution in [-0.2, 0) is 14.3 Å². The number of esters is 1. The molecule has 0 spiro atoms. The quantitative estimate of drug-likeness (QED) is 0.561. The van der Waals surface area contributed by atoms with Crippen molar-refractivity contribution in [1.82, 2.24) is 0 Å². The highest BCUT2D eigenvalue weighted by atomic mass is 16.5. The summed E-state index contributed by atoms with van der Waals surface area (Å²) in [6, 6.07) is 0. The number of hydrogen-bond donors (Lipinski definition) is 1. The average Bonchev–Trinajstić information content (AvgIpc) is 2.39. The van der Waals surface area contributed by atoms with Crippen molar-refractivity contribution in [1.29, 1.82) is 0 Å². The van der Waals surface area contributed by atoms with E-state index in [1.807, 2.05) is 0 Å². The van der Waals surface area contributed by atoms with Gasteiger partial charge in [0.1, 0.15) is 0 Å². The summed E-state index contributed by atoms with van der Waals surface area (Å²) < 4.78 is 10.3. The van der Waals surface area contributed by atoms with Crippen LogP contribution < -0.4 is 0 Å². The Morgan fingerprint density at radius 3 is 2.78 bits per heavy atom. The van der Waals surface area contributed by atoms with Crippen LogP contribution in [-0.4, -0.2) is 37.5 Å². The van der Waals surface area contributed by atoms with Crippen LogP contribution in [0.15, 0.2) is 0 Å². The van der Waals surface area contributed by atoms with Gasteiger partial charge in [0.2, 0.25) is 0 Å². The van der Waals surface area contributed by atoms with Crippen LogP contribution in [0.5, 0.6) is 0 Å². The standard InChI is InChI=1S/C14H26O4/c1-3-4-8-18-9-7-11-5-6-13(15)12(10-11)14(16)17-2/h11-13,15H,3-10H2,1-2H3. The zero-order chi connectivity index (χ0) is 13.4. The van der Waals surface area contributed by atoms with E-state index < -0.39 is 6.10 Å². The van der Waals surface area contributed by atoms with E-state index in [1.54, 1.807) is 0 Å². The molecular weight excluding hydrogens is 232 g/mol. The lowest BCUT2D eigenvalue weighted by molar-refractivity contribution is -0.152. The molecule has 4 heteroatoms. The van der Waals surface area contributed by atoms with Gasteiger partial charge >= 0.3 is 5.97 Å². The smallest absolute Gasteiger partial charge is 0.311 e. The SMILES string of the molecule is CCCCOCCC1CCC(O)C(C(=O)OC)C1. The molecule has 3 unspecified atom stereocenters. The van der Waals surface area contributed by atoms with Gasteiger partial charge in [0.25, 0.3) is 0 Å². The summed E-state index contributed by atoms with van der Waals surface area (Å²) in [6.07, 6.45) is 5.10. The van der Waals surface area contributed by atoms with Crippen molar-refractivity contribution in [2.75, 3.05) is 20.3 Å². The molecule has 18 heavy (non-hydrogen) atoms. The maximum Gasteiger partial charge on any atom is 0.311 e. The minimum absolute atomic E-state index is 0.279. The van der Waals surface area contributed by atoms with E-state index in [-0.39, 0.29) is 11.9 Å². The third-order valence-corrected chi connectivity index (χ3v) is 3.74. The van der Waals surface area contributed by atoms with Crippen molar-refractivity contribution in [3.8, 4) is 0 Å². The van der Waals surface area contributed by atoms with E-state index in [1.165, 1.54) is 7.11 Å². The monoisotopic (exact) mass is 258 g/mol. The number of rotatable bonds is 7. The van der Waals surface area contributed by atoms with Crippen molar-refractivity contribution >= 4 is 5.97 Å². The molecule has 0 saturated heterocycles. The Balaban J connectivity index is 2.24. The van der Waals surface area contributed by atoms with Crippen molar-refractivity contribution < 1.29 is 19.4 Å². The first-order chi connectivity index (χ1) is 8.69. The van der Waals surface area contributed by atoms with Crippen molar-refractivity contribution in [2.24, 2.45) is 11.8 Å². The van der Waals surface area contributed by atoms with Gasteiger partial charge in [0.05, 0.1) is 19.1 Å². The first-order valence-corrected chi connectivity index (χ1v) is 7.02. The summed E-state index contributed by atoms with van der Waals surface area (Å²) in [4.78, 5) is 11.5. The molecule has 1 fully saturated rings. The minimum Gasteiger partial charge on any atom is -0.469 e. The summed E-state index contributed by atoms with van der Waals surface area (Å²) in [5.74, 6) is -0.150. The second-order valence-corrected chi connectivity index (χ2v) is 5.13. The number of ether oxygens (including phenoxy) is 2. The molecule has 106 valence electrons. The highest BCUT2D eigenvalue weighted by molar-refractivity contribution is 5.73. The lowest BCUT2D eigenvalue weighted by Crippen LogP contribution is -2.35. The minimum atomic E-state index is -0.533. The first-order valence-electron chi connectivity index (χ1n) is 7.02. The zero-order valence-electron chi connectivity index (χ0n) is 11.6. The molecule has 4 nitrogen and oxygen atoms in total. The maximum absolute atomic E-state index is 11.5. The molecule has 0 aromatic carbocycles. The summed E-state index contributed by atoms with van der Waals surface area (Å²) >= 11 is 0. The van der Waals surface area contributed by atoms with Crippen LogP contribution in [0.1, 0.15) is 45.4 Å². The predicted molar refractivity (Wildman–Crippen MR) is 69.2 cm³/mol. The van der Waals surface area contributed by atoms with Crippen LogP contribution >= 0.6 is 0 Å². The highest BCUT2D eigenvalue weighted by Crippen LogP contribution is 2.32. The van der Waals surface area contributed by atoms with Gasteiger partial charge in [0, 0.05) is 13.2 Å². The normalized spacial score (nSPS) is 28.1. The molecular formula is C14H26O4. The maximum atomic E-state index is 11.5. The summed E-state index contributed by atoms with van der Waals surface area (Å²) in [5.41, 5.74) is 0. The molecule has 1 rings (SSSR count). The summed E-state index contributed by atoms with van der Waals surface area (Å²) in [5, 5.41) is 9.80. The molecule has 3 atom stereocenters. The van der Waals surface area contributed by atoms with Gasteiger partial charge in [-0.1, -0.05) is 13.3 Å². The van der Waals surface area contributed by atoms with Gasteiger partial charge in [-0.3, -0.25) is 4.79 Å². The second-order valence-electron chi connectivity index (χ2n) is 5.13. The van der Waals surface area contributed by atoms with E-state index in [0.29, 0.717) is 12.3 Å². The predicted octanol–water partition coefficient (Wildman–Crippen LogP) is 2.14. The fourth-order valence-corrected chi connectivity index (χ4v) is 2.51. The van der Waals surface area contributed by atoms with E-state index in [2.05, 4.69) is 6.92 Å². The third-order valence-electron chi connectivity index (χ3n) is 3.74. The molecule has 1 N–H and O–H groups in total. The van der Waals surface area contributed by atoms with Crippen LogP contribution in [0.3, 0.4) is 0 Å². The number of hydrogen-bond acceptors (Lipinski definition) is 4. The molecule has 1 saturated carbocycles. The fraction of sp³-hybridized carbons (Fsp3) is 0.929. The van der Waals surface area contributed by atoms with Crippen LogP contribution in [0.2, 0.25) is 0 Å². The summed E-state index contributed by atoms with van der Waals surface area (Å²) in [6.45, 7) is 3.73. The Morgan fingerprint density at radius 2 is 2.11 bits per heavy atom. The Morgan fingerprint density at radius 1 is 1.33 bits per heavy atom. The van der Waals surface area contributed by atoms with Gasteiger partial charge in [-0.15, -0.1) is 0 Å². The Labute approximate surface area is 110 Å². The van der Waals surface area contributed by atoms with Gasteiger partial charge in [0.15, 0.2) is 0 Å². The number of unbranched alkanes of at least 4 members (excludes halogenated alkanes) is 1. The number of carbonyl (C=O) groups excluding carboxylic acids is 1. The molecule has 0 heterocycles.